The van der Waals surface area contributed by atoms with Gasteiger partial charge in [-0.1, -0.05) is 36.4 Å². The van der Waals surface area contributed by atoms with Crippen LogP contribution in [0.3, 0.4) is 0 Å². The number of benzene rings is 2. The Morgan fingerprint density at radius 2 is 1.75 bits per heavy atom. The molecule has 0 unspecified atom stereocenters. The molecule has 0 aliphatic rings. The highest BCUT2D eigenvalue weighted by atomic mass is 16.5. The molecule has 0 saturated carbocycles. The highest BCUT2D eigenvalue weighted by molar-refractivity contribution is 5.96. The topological polar surface area (TPSA) is 66.8 Å². The minimum Gasteiger partial charge on any atom is -0.492 e. The summed E-state index contributed by atoms with van der Waals surface area (Å²) in [5.41, 5.74) is 2.63. The molecule has 5 heteroatoms. The highest BCUT2D eigenvalue weighted by Gasteiger charge is 2.14. The smallest absolute Gasteiger partial charge is 0.339 e. The van der Waals surface area contributed by atoms with E-state index >= 15 is 0 Å². The van der Waals surface area contributed by atoms with Crippen LogP contribution in [0.25, 0.3) is 5.57 Å². The maximum absolute atomic E-state index is 12.3. The molecule has 0 aromatic heterocycles. The number of hydrogen-bond acceptors (Lipinski definition) is 3. The van der Waals surface area contributed by atoms with Gasteiger partial charge in [0.15, 0.2) is 0 Å². The Bertz CT molecular complexity index is 839. The molecular weight excluding hydrogens is 354 g/mol. The van der Waals surface area contributed by atoms with E-state index in [0.717, 1.165) is 11.1 Å². The molecule has 1 amide bonds. The average Bonchev–Trinajstić information content (AvgIpc) is 2.69. The van der Waals surface area contributed by atoms with E-state index < -0.39 is 5.97 Å². The van der Waals surface area contributed by atoms with Crippen LogP contribution in [0.2, 0.25) is 0 Å². The first-order chi connectivity index (χ1) is 13.5. The van der Waals surface area contributed by atoms with Crippen molar-refractivity contribution in [1.82, 2.24) is 4.90 Å². The lowest BCUT2D eigenvalue weighted by Gasteiger charge is -2.17. The van der Waals surface area contributed by atoms with Gasteiger partial charge >= 0.3 is 5.97 Å². The Kier molecular flexibility index (Phi) is 7.81. The molecule has 2 aromatic carbocycles. The summed E-state index contributed by atoms with van der Waals surface area (Å²) < 4.78 is 5.72. The fourth-order valence-corrected chi connectivity index (χ4v) is 2.89. The van der Waals surface area contributed by atoms with E-state index in [4.69, 9.17) is 4.74 Å². The minimum absolute atomic E-state index is 0.0810. The zero-order chi connectivity index (χ0) is 20.5. The Hall–Kier alpha value is -3.08. The van der Waals surface area contributed by atoms with Crippen molar-refractivity contribution < 1.29 is 19.4 Å². The zero-order valence-corrected chi connectivity index (χ0v) is 16.6. The molecule has 0 aliphatic carbocycles. The quantitative estimate of drug-likeness (QED) is 0.659. The monoisotopic (exact) mass is 381 g/mol. The fraction of sp³-hybridized carbons (Fsp3) is 0.304. The van der Waals surface area contributed by atoms with E-state index in [1.807, 2.05) is 44.2 Å². The molecule has 2 rings (SSSR count). The molecule has 0 spiro atoms. The van der Waals surface area contributed by atoms with Crippen LogP contribution >= 0.6 is 0 Å². The predicted molar refractivity (Wildman–Crippen MR) is 111 cm³/mol. The van der Waals surface area contributed by atoms with Gasteiger partial charge in [0.2, 0.25) is 5.91 Å². The van der Waals surface area contributed by atoms with Crippen molar-refractivity contribution in [1.29, 1.82) is 0 Å². The number of nitrogens with zero attached hydrogens (tertiary/aromatic N) is 1. The van der Waals surface area contributed by atoms with Crippen molar-refractivity contribution >= 4 is 17.4 Å². The van der Waals surface area contributed by atoms with E-state index in [1.165, 1.54) is 0 Å². The first kappa shape index (κ1) is 21.2. The third-order valence-electron chi connectivity index (χ3n) is 4.57. The van der Waals surface area contributed by atoms with E-state index in [0.29, 0.717) is 37.4 Å². The Balaban J connectivity index is 2.15. The van der Waals surface area contributed by atoms with Crippen LogP contribution in [0, 0.1) is 0 Å². The second kappa shape index (κ2) is 10.3. The Morgan fingerprint density at radius 1 is 1.07 bits per heavy atom. The van der Waals surface area contributed by atoms with Gasteiger partial charge in [-0.25, -0.2) is 4.79 Å². The lowest BCUT2D eigenvalue weighted by molar-refractivity contribution is -0.125. The van der Waals surface area contributed by atoms with Crippen molar-refractivity contribution in [3.63, 3.8) is 0 Å². The number of likely N-dealkylation sites (N-methyl/N-ethyl adjacent to an activating group) is 1. The maximum atomic E-state index is 12.3. The molecule has 1 N–H and O–H groups in total. The Morgan fingerprint density at radius 3 is 2.36 bits per heavy atom. The maximum Gasteiger partial charge on any atom is 0.339 e. The summed E-state index contributed by atoms with van der Waals surface area (Å²) in [4.78, 5) is 25.6. The summed E-state index contributed by atoms with van der Waals surface area (Å²) in [5.74, 6) is -0.808. The Labute approximate surface area is 166 Å². The number of carbonyl (C=O) groups is 2. The largest absolute Gasteiger partial charge is 0.492 e. The van der Waals surface area contributed by atoms with Crippen LogP contribution < -0.4 is 4.74 Å². The highest BCUT2D eigenvalue weighted by Crippen LogP contribution is 2.24. The van der Waals surface area contributed by atoms with Crippen molar-refractivity contribution in [2.75, 3.05) is 19.7 Å². The third-order valence-corrected chi connectivity index (χ3v) is 4.57. The lowest BCUT2D eigenvalue weighted by atomic mass is 10.0. The molecule has 0 bridgehead atoms. The van der Waals surface area contributed by atoms with Crippen LogP contribution in [0.1, 0.15) is 42.3 Å². The van der Waals surface area contributed by atoms with Gasteiger partial charge in [-0.2, -0.15) is 0 Å². The third kappa shape index (κ3) is 5.71. The molecule has 2 aromatic rings. The molecule has 28 heavy (non-hydrogen) atoms. The van der Waals surface area contributed by atoms with Crippen molar-refractivity contribution in [3.05, 3.63) is 71.3 Å². The molecule has 0 aliphatic heterocycles. The van der Waals surface area contributed by atoms with Gasteiger partial charge in [0.05, 0.1) is 6.61 Å². The van der Waals surface area contributed by atoms with Gasteiger partial charge < -0.3 is 14.7 Å². The van der Waals surface area contributed by atoms with Crippen LogP contribution in [-0.4, -0.2) is 41.6 Å². The first-order valence-corrected chi connectivity index (χ1v) is 9.47. The number of carbonyl (C=O) groups excluding carboxylic acids is 1. The van der Waals surface area contributed by atoms with Crippen molar-refractivity contribution in [3.8, 4) is 5.75 Å². The summed E-state index contributed by atoms with van der Waals surface area (Å²) in [6.07, 6.45) is 2.24. The summed E-state index contributed by atoms with van der Waals surface area (Å²) in [6, 6.07) is 14.9. The van der Waals surface area contributed by atoms with E-state index in [2.05, 4.69) is 0 Å². The predicted octanol–water partition coefficient (Wildman–Crippen LogP) is 4.28. The molecule has 0 fully saturated rings. The van der Waals surface area contributed by atoms with Crippen LogP contribution in [0.4, 0.5) is 0 Å². The lowest BCUT2D eigenvalue weighted by Crippen LogP contribution is -2.28. The van der Waals surface area contributed by atoms with Crippen molar-refractivity contribution in [2.45, 2.75) is 27.2 Å². The minimum atomic E-state index is -1.06. The SMILES string of the molecule is CCN(CC)C(=O)/C=C(\C)c1ccc(OCCc2ccccc2)c(C(=O)O)c1. The number of rotatable bonds is 9. The number of hydrogen-bond donors (Lipinski definition) is 1. The van der Waals surface area contributed by atoms with Gasteiger partial charge in [0.1, 0.15) is 11.3 Å². The summed E-state index contributed by atoms with van der Waals surface area (Å²) in [6.45, 7) is 7.31. The number of amides is 1. The molecule has 0 atom stereocenters. The van der Waals surface area contributed by atoms with Gasteiger partial charge in [-0.05, 0) is 49.6 Å². The summed E-state index contributed by atoms with van der Waals surface area (Å²) in [5, 5.41) is 9.56. The van der Waals surface area contributed by atoms with Crippen LogP contribution in [0.5, 0.6) is 5.75 Å². The van der Waals surface area contributed by atoms with Gasteiger partial charge in [-0.15, -0.1) is 0 Å². The van der Waals surface area contributed by atoms with E-state index in [-0.39, 0.29) is 11.5 Å². The first-order valence-electron chi connectivity index (χ1n) is 9.47. The van der Waals surface area contributed by atoms with Crippen LogP contribution in [-0.2, 0) is 11.2 Å². The summed E-state index contributed by atoms with van der Waals surface area (Å²) >= 11 is 0. The van der Waals surface area contributed by atoms with Crippen molar-refractivity contribution in [2.24, 2.45) is 0 Å². The number of ether oxygens (including phenoxy) is 1. The normalized spacial score (nSPS) is 11.2. The van der Waals surface area contributed by atoms with Gasteiger partial charge in [-0.3, -0.25) is 4.79 Å². The molecule has 0 radical (unpaired) electrons. The van der Waals surface area contributed by atoms with E-state index in [9.17, 15) is 14.7 Å². The second-order valence-electron chi connectivity index (χ2n) is 6.44. The summed E-state index contributed by atoms with van der Waals surface area (Å²) in [7, 11) is 0. The van der Waals surface area contributed by atoms with Gasteiger partial charge in [0, 0.05) is 25.6 Å². The van der Waals surface area contributed by atoms with E-state index in [1.54, 1.807) is 36.1 Å². The standard InChI is InChI=1S/C23H27NO4/c1-4-24(5-2)22(25)15-17(3)19-11-12-21(20(16-19)23(26)27)28-14-13-18-9-7-6-8-10-18/h6-12,15-16H,4-5,13-14H2,1-3H3,(H,26,27)/b17-15+. The molecular formula is C23H27NO4. The van der Waals surface area contributed by atoms with Gasteiger partial charge in [0.25, 0.3) is 0 Å². The number of aromatic carboxylic acids is 1. The second-order valence-corrected chi connectivity index (χ2v) is 6.44. The average molecular weight is 381 g/mol. The number of carboxylic acids is 1. The zero-order valence-electron chi connectivity index (χ0n) is 16.6. The molecule has 148 valence electrons. The number of allylic oxidation sites excluding steroid dienone is 1. The van der Waals surface area contributed by atoms with Crippen LogP contribution in [0.15, 0.2) is 54.6 Å². The molecule has 0 heterocycles. The molecule has 0 saturated heterocycles. The number of carboxylic acid groups (broad SMARTS) is 1. The fourth-order valence-electron chi connectivity index (χ4n) is 2.89. The molecule has 5 nitrogen and oxygen atoms in total.